The van der Waals surface area contributed by atoms with Gasteiger partial charge < -0.3 is 4.57 Å². The lowest BCUT2D eigenvalue weighted by Crippen LogP contribution is -2.03. The minimum atomic E-state index is 0.775. The molecule has 0 N–H and O–H groups in total. The van der Waals surface area contributed by atoms with Gasteiger partial charge in [-0.2, -0.15) is 0 Å². The molecule has 4 heteroatoms. The van der Waals surface area contributed by atoms with E-state index in [9.17, 15) is 0 Å². The number of aryl methyl sites for hydroxylation is 2. The maximum atomic E-state index is 4.44. The van der Waals surface area contributed by atoms with Gasteiger partial charge in [-0.25, -0.2) is 4.98 Å². The van der Waals surface area contributed by atoms with Crippen molar-refractivity contribution in [1.29, 1.82) is 0 Å². The molecule has 0 unspecified atom stereocenters. The van der Waals surface area contributed by atoms with Gasteiger partial charge in [0.25, 0.3) is 0 Å². The molecule has 3 aromatic heterocycles. The number of rotatable bonds is 3. The van der Waals surface area contributed by atoms with E-state index in [0.29, 0.717) is 0 Å². The van der Waals surface area contributed by atoms with Crippen molar-refractivity contribution in [2.24, 2.45) is 0 Å². The summed E-state index contributed by atoms with van der Waals surface area (Å²) in [7, 11) is 0. The van der Waals surface area contributed by atoms with Gasteiger partial charge in [0.05, 0.1) is 6.54 Å². The molecule has 0 aromatic carbocycles. The molecule has 0 spiro atoms. The van der Waals surface area contributed by atoms with Crippen LogP contribution in [0.5, 0.6) is 0 Å². The lowest BCUT2D eigenvalue weighted by Gasteiger charge is -2.10. The summed E-state index contributed by atoms with van der Waals surface area (Å²) in [6.07, 6.45) is 9.34. The molecule has 0 atom stereocenters. The van der Waals surface area contributed by atoms with Crippen LogP contribution in [0.4, 0.5) is 0 Å². The third-order valence-corrected chi connectivity index (χ3v) is 3.35. The summed E-state index contributed by atoms with van der Waals surface area (Å²) < 4.78 is 2.13. The molecular weight excluding hydrogens is 248 g/mol. The number of aromatic nitrogens is 4. The minimum Gasteiger partial charge on any atom is -0.326 e. The first kappa shape index (κ1) is 12.5. The Morgan fingerprint density at radius 1 is 1.05 bits per heavy atom. The zero-order chi connectivity index (χ0) is 13.9. The number of hydrogen-bond acceptors (Lipinski definition) is 3. The van der Waals surface area contributed by atoms with E-state index >= 15 is 0 Å². The monoisotopic (exact) mass is 264 g/mol. The molecule has 3 rings (SSSR count). The van der Waals surface area contributed by atoms with Crippen LogP contribution in [0.1, 0.15) is 16.8 Å². The van der Waals surface area contributed by atoms with E-state index in [-0.39, 0.29) is 0 Å². The molecule has 3 heterocycles. The van der Waals surface area contributed by atoms with Gasteiger partial charge in [-0.1, -0.05) is 0 Å². The Balaban J connectivity index is 1.95. The molecule has 0 radical (unpaired) electrons. The summed E-state index contributed by atoms with van der Waals surface area (Å²) >= 11 is 0. The highest BCUT2D eigenvalue weighted by Crippen LogP contribution is 2.18. The van der Waals surface area contributed by atoms with E-state index in [2.05, 4.69) is 32.5 Å². The highest BCUT2D eigenvalue weighted by molar-refractivity contribution is 5.54. The SMILES string of the molecule is Cc1cc(C)c(Cn2ccnc2-c2ccncc2)cn1. The number of nitrogens with zero attached hydrogens (tertiary/aromatic N) is 4. The van der Waals surface area contributed by atoms with E-state index in [1.54, 1.807) is 12.4 Å². The Bertz CT molecular complexity index is 716. The largest absolute Gasteiger partial charge is 0.326 e. The molecule has 20 heavy (non-hydrogen) atoms. The van der Waals surface area contributed by atoms with E-state index < -0.39 is 0 Å². The molecule has 0 aliphatic rings. The molecule has 0 aliphatic heterocycles. The number of imidazole rings is 1. The van der Waals surface area contributed by atoms with Crippen molar-refractivity contribution >= 4 is 0 Å². The van der Waals surface area contributed by atoms with Gasteiger partial charge in [0, 0.05) is 42.2 Å². The molecule has 0 fully saturated rings. The summed E-state index contributed by atoms with van der Waals surface area (Å²) in [6, 6.07) is 6.05. The quantitative estimate of drug-likeness (QED) is 0.730. The van der Waals surface area contributed by atoms with Crippen molar-refractivity contribution in [3.63, 3.8) is 0 Å². The molecule has 0 saturated heterocycles. The van der Waals surface area contributed by atoms with Crippen LogP contribution in [0.25, 0.3) is 11.4 Å². The highest BCUT2D eigenvalue weighted by Gasteiger charge is 2.07. The third kappa shape index (κ3) is 2.45. The molecule has 0 saturated carbocycles. The fourth-order valence-electron chi connectivity index (χ4n) is 2.27. The lowest BCUT2D eigenvalue weighted by molar-refractivity contribution is 0.795. The maximum absolute atomic E-state index is 4.44. The van der Waals surface area contributed by atoms with Gasteiger partial charge in [0.15, 0.2) is 0 Å². The Kier molecular flexibility index (Phi) is 3.29. The topological polar surface area (TPSA) is 43.6 Å². The van der Waals surface area contributed by atoms with Crippen LogP contribution in [-0.4, -0.2) is 19.5 Å². The standard InChI is InChI=1S/C16H16N4/c1-12-9-13(2)19-10-15(12)11-20-8-7-18-16(20)14-3-5-17-6-4-14/h3-10H,11H2,1-2H3. The van der Waals surface area contributed by atoms with Crippen molar-refractivity contribution in [2.45, 2.75) is 20.4 Å². The lowest BCUT2D eigenvalue weighted by atomic mass is 10.1. The first-order valence-corrected chi connectivity index (χ1v) is 6.57. The van der Waals surface area contributed by atoms with E-state index in [1.165, 1.54) is 11.1 Å². The van der Waals surface area contributed by atoms with Gasteiger partial charge in [-0.3, -0.25) is 9.97 Å². The smallest absolute Gasteiger partial charge is 0.140 e. The summed E-state index contributed by atoms with van der Waals surface area (Å²) in [5, 5.41) is 0. The van der Waals surface area contributed by atoms with Gasteiger partial charge in [-0.15, -0.1) is 0 Å². The van der Waals surface area contributed by atoms with Crippen LogP contribution in [0, 0.1) is 13.8 Å². The van der Waals surface area contributed by atoms with Crippen molar-refractivity contribution < 1.29 is 0 Å². The van der Waals surface area contributed by atoms with Gasteiger partial charge in [0.1, 0.15) is 5.82 Å². The Labute approximate surface area is 118 Å². The van der Waals surface area contributed by atoms with Crippen LogP contribution in [0.2, 0.25) is 0 Å². The summed E-state index contributed by atoms with van der Waals surface area (Å²) in [6.45, 7) is 4.90. The second kappa shape index (κ2) is 5.25. The fourth-order valence-corrected chi connectivity index (χ4v) is 2.27. The molecule has 3 aromatic rings. The van der Waals surface area contributed by atoms with Crippen LogP contribution in [0.3, 0.4) is 0 Å². The maximum Gasteiger partial charge on any atom is 0.140 e. The van der Waals surface area contributed by atoms with Crippen molar-refractivity contribution in [3.8, 4) is 11.4 Å². The van der Waals surface area contributed by atoms with E-state index in [4.69, 9.17) is 0 Å². The molecular formula is C16H16N4. The molecule has 0 bridgehead atoms. The average Bonchev–Trinajstić information content (AvgIpc) is 2.91. The van der Waals surface area contributed by atoms with E-state index in [1.807, 2.05) is 37.6 Å². The van der Waals surface area contributed by atoms with E-state index in [0.717, 1.165) is 23.6 Å². The first-order chi connectivity index (χ1) is 9.74. The number of hydrogen-bond donors (Lipinski definition) is 0. The van der Waals surface area contributed by atoms with Crippen molar-refractivity contribution in [2.75, 3.05) is 0 Å². The summed E-state index contributed by atoms with van der Waals surface area (Å²) in [5.41, 5.74) is 4.59. The molecule has 100 valence electrons. The Morgan fingerprint density at radius 3 is 2.60 bits per heavy atom. The number of pyridine rings is 2. The second-order valence-corrected chi connectivity index (χ2v) is 4.87. The van der Waals surface area contributed by atoms with Crippen LogP contribution in [0.15, 0.2) is 49.2 Å². The predicted octanol–water partition coefficient (Wildman–Crippen LogP) is 3.01. The van der Waals surface area contributed by atoms with Crippen molar-refractivity contribution in [3.05, 3.63) is 66.0 Å². The summed E-state index contributed by atoms with van der Waals surface area (Å²) in [5.74, 6) is 0.951. The van der Waals surface area contributed by atoms with Crippen LogP contribution >= 0.6 is 0 Å². The first-order valence-electron chi connectivity index (χ1n) is 6.57. The Morgan fingerprint density at radius 2 is 1.85 bits per heavy atom. The highest BCUT2D eigenvalue weighted by atomic mass is 15.1. The minimum absolute atomic E-state index is 0.775. The zero-order valence-corrected chi connectivity index (χ0v) is 11.6. The van der Waals surface area contributed by atoms with Gasteiger partial charge in [0.2, 0.25) is 0 Å². The third-order valence-electron chi connectivity index (χ3n) is 3.35. The van der Waals surface area contributed by atoms with Crippen LogP contribution in [-0.2, 0) is 6.54 Å². The second-order valence-electron chi connectivity index (χ2n) is 4.87. The normalized spacial score (nSPS) is 10.7. The molecule has 0 aliphatic carbocycles. The molecule has 0 amide bonds. The zero-order valence-electron chi connectivity index (χ0n) is 11.6. The predicted molar refractivity (Wildman–Crippen MR) is 78.3 cm³/mol. The summed E-state index contributed by atoms with van der Waals surface area (Å²) in [4.78, 5) is 12.9. The fraction of sp³-hybridized carbons (Fsp3) is 0.188. The van der Waals surface area contributed by atoms with Crippen molar-refractivity contribution in [1.82, 2.24) is 19.5 Å². The van der Waals surface area contributed by atoms with Gasteiger partial charge in [-0.05, 0) is 43.2 Å². The van der Waals surface area contributed by atoms with Crippen LogP contribution < -0.4 is 0 Å². The average molecular weight is 264 g/mol. The molecule has 4 nitrogen and oxygen atoms in total. The van der Waals surface area contributed by atoms with Gasteiger partial charge >= 0.3 is 0 Å². The Hall–Kier alpha value is -2.49.